The minimum Gasteiger partial charge on any atom is -0.496 e. The Kier molecular flexibility index (Phi) is 17.4. The molecule has 2 aliphatic heterocycles. The molecule has 2 aromatic carbocycles. The number of rotatable bonds is 18. The van der Waals surface area contributed by atoms with Crippen molar-refractivity contribution in [1.82, 2.24) is 58.5 Å². The molecule has 28 heteroatoms. The molecule has 0 bridgehead atoms. The number of hydrogen-bond acceptors (Lipinski definition) is 18. The van der Waals surface area contributed by atoms with E-state index in [4.69, 9.17) is 29.5 Å². The van der Waals surface area contributed by atoms with Crippen molar-refractivity contribution in [2.24, 2.45) is 0 Å². The molecule has 422 valence electrons. The van der Waals surface area contributed by atoms with Crippen LogP contribution in [0.4, 0.5) is 8.78 Å². The molecule has 2 aliphatic rings. The zero-order valence-corrected chi connectivity index (χ0v) is 46.2. The molecule has 8 aromatic rings. The molecule has 0 unspecified atom stereocenters. The highest BCUT2D eigenvalue weighted by molar-refractivity contribution is 7.21. The van der Waals surface area contributed by atoms with E-state index in [9.17, 15) is 37.5 Å². The van der Waals surface area contributed by atoms with E-state index in [-0.39, 0.29) is 55.8 Å². The average Bonchev–Trinajstić information content (AvgIpc) is 4.49. The predicted octanol–water partition coefficient (Wildman–Crippen LogP) is 5.11. The Balaban J connectivity index is 0.000000196. The number of thiophene rings is 2. The quantitative estimate of drug-likeness (QED) is 0.109. The minimum absolute atomic E-state index is 0.00925. The summed E-state index contributed by atoms with van der Waals surface area (Å²) in [5.74, 6) is -1.14. The standard InChI is InChI=1S/C27H28FN7O5S.C26H26FN7O5S/c1-16-22-24(37)34(19-6-4-12-32(2)23(19)36)27(38)33(26(22)41-25(16)35-30-10-11-31-35)15-21(40-13-5-9-29)18-14-17(28)7-8-20(18)39-3;1-15-21-23(36)33(18-5-3-9-29-22(18)35)26(37)32(25(21)40-24(15)34-30-10-11-31-34)14-20(39-12-4-8-28)17-13-16(27)6-7-19(17)38-2/h7-8,10-11,14,19,21H,4-6,12-13,15H2,1-3H3;6-7,10-11,13,18,20H,3-5,9,12,14H2,1-2H3,(H,29,35)/t19-,21+;18-,20+/m11/s1. The summed E-state index contributed by atoms with van der Waals surface area (Å²) in [7, 11) is 4.51. The zero-order valence-electron chi connectivity index (χ0n) is 44.5. The number of halogens is 2. The molecule has 0 aliphatic carbocycles. The van der Waals surface area contributed by atoms with Crippen LogP contribution in [0.5, 0.6) is 11.5 Å². The van der Waals surface area contributed by atoms with Crippen molar-refractivity contribution in [3.05, 3.63) is 137 Å². The Morgan fingerprint density at radius 1 is 0.679 bits per heavy atom. The van der Waals surface area contributed by atoms with Gasteiger partial charge in [-0.1, -0.05) is 22.7 Å². The van der Waals surface area contributed by atoms with E-state index in [2.05, 4.69) is 25.7 Å². The molecule has 2 saturated heterocycles. The first-order valence-electron chi connectivity index (χ1n) is 25.6. The van der Waals surface area contributed by atoms with Crippen molar-refractivity contribution in [2.45, 2.75) is 89.8 Å². The number of benzene rings is 2. The van der Waals surface area contributed by atoms with Crippen LogP contribution in [-0.2, 0) is 32.2 Å². The molecule has 0 radical (unpaired) electrons. The maximum absolute atomic E-state index is 14.4. The first-order valence-corrected chi connectivity index (χ1v) is 27.2. The van der Waals surface area contributed by atoms with Gasteiger partial charge >= 0.3 is 11.4 Å². The monoisotopic (exact) mass is 1150 g/mol. The lowest BCUT2D eigenvalue weighted by atomic mass is 10.0. The first-order chi connectivity index (χ1) is 39.1. The van der Waals surface area contributed by atoms with Gasteiger partial charge in [0, 0.05) is 42.4 Å². The Labute approximate surface area is 467 Å². The van der Waals surface area contributed by atoms with E-state index >= 15 is 0 Å². The zero-order chi connectivity index (χ0) is 57.6. The molecule has 0 spiro atoms. The number of piperidine rings is 2. The summed E-state index contributed by atoms with van der Waals surface area (Å²) in [6.45, 7) is 4.18. The van der Waals surface area contributed by atoms with Gasteiger partial charge in [0.05, 0.1) is 101 Å². The number of aromatic nitrogens is 10. The Hall–Kier alpha value is -8.70. The van der Waals surface area contributed by atoms with Gasteiger partial charge in [0.2, 0.25) is 11.8 Å². The van der Waals surface area contributed by atoms with E-state index in [0.29, 0.717) is 92.2 Å². The van der Waals surface area contributed by atoms with Crippen molar-refractivity contribution in [3.8, 4) is 33.6 Å². The first kappa shape index (κ1) is 57.0. The third kappa shape index (κ3) is 11.3. The molecule has 2 fully saturated rings. The minimum atomic E-state index is -0.989. The molecule has 10 rings (SSSR count). The number of likely N-dealkylation sites (N-methyl/N-ethyl adjacent to an activating group) is 1. The van der Waals surface area contributed by atoms with Crippen LogP contribution in [-0.4, -0.2) is 113 Å². The Bertz CT molecular complexity index is 3990. The topological polar surface area (TPSA) is 283 Å². The van der Waals surface area contributed by atoms with Crippen LogP contribution in [0.2, 0.25) is 0 Å². The molecule has 0 saturated carbocycles. The van der Waals surface area contributed by atoms with E-state index in [1.165, 1.54) is 99.0 Å². The summed E-state index contributed by atoms with van der Waals surface area (Å²) in [6, 6.07) is 9.96. The third-order valence-corrected chi connectivity index (χ3v) is 16.5. The van der Waals surface area contributed by atoms with Crippen molar-refractivity contribution >= 4 is 54.9 Å². The molecule has 81 heavy (non-hydrogen) atoms. The fourth-order valence-corrected chi connectivity index (χ4v) is 12.5. The van der Waals surface area contributed by atoms with E-state index in [1.807, 2.05) is 12.1 Å². The SMILES string of the molecule is COc1ccc(F)cc1[C@H](Cn1c(=O)n([C@@H]2CCCN(C)C2=O)c(=O)c2c(C)c(-n3nccn3)sc21)OCCC#N.COc1ccc(F)cc1[C@H](Cn1c(=O)n([C@@H]2CCCNC2=O)c(=O)c2c(C)c(-n3nccn3)sc21)OCCC#N. The highest BCUT2D eigenvalue weighted by Gasteiger charge is 2.35. The van der Waals surface area contributed by atoms with Crippen molar-refractivity contribution < 1.29 is 37.3 Å². The maximum atomic E-state index is 14.4. The van der Waals surface area contributed by atoms with Gasteiger partial charge in [-0.05, 0) is 75.9 Å². The lowest BCUT2D eigenvalue weighted by molar-refractivity contribution is -0.136. The van der Waals surface area contributed by atoms with Crippen LogP contribution in [0.15, 0.2) is 80.4 Å². The molecular formula is C53H54F2N14O10S2. The number of nitriles is 2. The molecule has 4 atom stereocenters. The highest BCUT2D eigenvalue weighted by atomic mass is 32.1. The summed E-state index contributed by atoms with van der Waals surface area (Å²) in [5, 5.41) is 39.2. The lowest BCUT2D eigenvalue weighted by Gasteiger charge is -2.30. The Morgan fingerprint density at radius 3 is 1.56 bits per heavy atom. The van der Waals surface area contributed by atoms with Crippen LogP contribution >= 0.6 is 22.7 Å². The number of aryl methyl sites for hydroxylation is 2. The molecule has 6 aromatic heterocycles. The van der Waals surface area contributed by atoms with Crippen LogP contribution < -0.4 is 37.3 Å². The van der Waals surface area contributed by atoms with Crippen LogP contribution in [0.25, 0.3) is 30.4 Å². The number of fused-ring (bicyclic) bond motifs is 2. The van der Waals surface area contributed by atoms with Gasteiger partial charge in [0.15, 0.2) is 0 Å². The van der Waals surface area contributed by atoms with Gasteiger partial charge in [-0.3, -0.25) is 28.3 Å². The van der Waals surface area contributed by atoms with E-state index < -0.39 is 64.3 Å². The summed E-state index contributed by atoms with van der Waals surface area (Å²) < 4.78 is 56.5. The number of hydrogen-bond donors (Lipinski definition) is 1. The summed E-state index contributed by atoms with van der Waals surface area (Å²) in [6.07, 6.45) is 6.15. The predicted molar refractivity (Wildman–Crippen MR) is 291 cm³/mol. The van der Waals surface area contributed by atoms with Crippen LogP contribution in [0.3, 0.4) is 0 Å². The van der Waals surface area contributed by atoms with Crippen LogP contribution in [0.1, 0.15) is 85.1 Å². The van der Waals surface area contributed by atoms with Crippen LogP contribution in [0, 0.1) is 48.1 Å². The average molecular weight is 1150 g/mol. The number of ether oxygens (including phenoxy) is 4. The highest BCUT2D eigenvalue weighted by Crippen LogP contribution is 2.37. The normalized spacial score (nSPS) is 16.1. The maximum Gasteiger partial charge on any atom is 0.332 e. The van der Waals surface area contributed by atoms with Crippen molar-refractivity contribution in [3.63, 3.8) is 0 Å². The smallest absolute Gasteiger partial charge is 0.332 e. The van der Waals surface area contributed by atoms with Crippen molar-refractivity contribution in [2.75, 3.05) is 47.6 Å². The fraction of sp³-hybridized carbons (Fsp3) is 0.396. The molecule has 1 N–H and O–H groups in total. The largest absolute Gasteiger partial charge is 0.496 e. The van der Waals surface area contributed by atoms with Gasteiger partial charge < -0.3 is 29.2 Å². The van der Waals surface area contributed by atoms with Gasteiger partial charge in [-0.25, -0.2) is 27.5 Å². The van der Waals surface area contributed by atoms with Gasteiger partial charge in [-0.15, -0.1) is 9.59 Å². The number of methoxy groups -OCH3 is 2. The lowest BCUT2D eigenvalue weighted by Crippen LogP contribution is -2.49. The van der Waals surface area contributed by atoms with Gasteiger partial charge in [-0.2, -0.15) is 30.9 Å². The van der Waals surface area contributed by atoms with Gasteiger partial charge in [0.1, 0.15) is 67.1 Å². The van der Waals surface area contributed by atoms with Crippen molar-refractivity contribution in [1.29, 1.82) is 10.5 Å². The molecule has 2 amide bonds. The number of amides is 2. The van der Waals surface area contributed by atoms with Gasteiger partial charge in [0.25, 0.3) is 11.1 Å². The molecule has 8 heterocycles. The Morgan fingerprint density at radius 2 is 1.12 bits per heavy atom. The third-order valence-electron chi connectivity index (χ3n) is 14.0. The second-order valence-corrected chi connectivity index (χ2v) is 20.8. The number of carbonyl (C=O) groups excluding carboxylic acids is 2. The van der Waals surface area contributed by atoms with E-state index in [0.717, 1.165) is 31.8 Å². The number of likely N-dealkylation sites (tertiary alicyclic amines) is 1. The summed E-state index contributed by atoms with van der Waals surface area (Å²) in [4.78, 5) is 87.0. The number of nitrogens with one attached hydrogen (secondary N) is 1. The second-order valence-electron chi connectivity index (χ2n) is 18.9. The summed E-state index contributed by atoms with van der Waals surface area (Å²) >= 11 is 2.30. The molecular weight excluding hydrogens is 1090 g/mol. The van der Waals surface area contributed by atoms with E-state index in [1.54, 1.807) is 20.9 Å². The molecule has 24 nitrogen and oxygen atoms in total. The summed E-state index contributed by atoms with van der Waals surface area (Å²) in [5.41, 5.74) is -0.801. The number of nitrogens with zero attached hydrogens (tertiary/aromatic N) is 13. The number of carbonyl (C=O) groups is 2. The fourth-order valence-electron chi connectivity index (χ4n) is 10.1. The second kappa shape index (κ2) is 24.8.